The fourth-order valence-corrected chi connectivity index (χ4v) is 3.87. The van der Waals surface area contributed by atoms with Crippen molar-refractivity contribution in [1.82, 2.24) is 9.47 Å². The van der Waals surface area contributed by atoms with Crippen molar-refractivity contribution in [2.45, 2.75) is 50.6 Å². The minimum atomic E-state index is -4.46. The molecule has 0 N–H and O–H groups in total. The highest BCUT2D eigenvalue weighted by Gasteiger charge is 2.44. The molecule has 0 radical (unpaired) electrons. The number of alkyl halides is 3. The third-order valence-electron chi connectivity index (χ3n) is 5.57. The van der Waals surface area contributed by atoms with Gasteiger partial charge in [0.1, 0.15) is 17.9 Å². The number of benzene rings is 1. The summed E-state index contributed by atoms with van der Waals surface area (Å²) in [4.78, 5) is 5.40. The molecule has 2 aromatic rings. The Bertz CT molecular complexity index is 1010. The van der Waals surface area contributed by atoms with E-state index in [1.54, 1.807) is 6.07 Å². The minimum Gasteiger partial charge on any atom is -0.339 e. The molecule has 8 heteroatoms. The Morgan fingerprint density at radius 1 is 1.29 bits per heavy atom. The molecular weight excluding hydrogens is 372 g/mol. The van der Waals surface area contributed by atoms with Gasteiger partial charge >= 0.3 is 6.18 Å². The smallest absolute Gasteiger partial charge is 0.339 e. The molecule has 1 aliphatic carbocycles. The Hall–Kier alpha value is -2.82. The minimum absolute atomic E-state index is 0.0641. The van der Waals surface area contributed by atoms with Gasteiger partial charge in [-0.25, -0.2) is 4.39 Å². The molecule has 1 aliphatic heterocycles. The van der Waals surface area contributed by atoms with Crippen molar-refractivity contribution in [3.63, 3.8) is 0 Å². The number of rotatable bonds is 3. The van der Waals surface area contributed by atoms with E-state index in [2.05, 4.69) is 11.1 Å². The summed E-state index contributed by atoms with van der Waals surface area (Å²) in [6.45, 7) is 1.07. The third kappa shape index (κ3) is 2.86. The Morgan fingerprint density at radius 2 is 2.04 bits per heavy atom. The summed E-state index contributed by atoms with van der Waals surface area (Å²) >= 11 is 0. The number of hydrogen-bond acceptors (Lipinski definition) is 3. The molecule has 4 rings (SSSR count). The summed E-state index contributed by atoms with van der Waals surface area (Å²) in [5.74, 6) is -0.492. The second-order valence-electron chi connectivity index (χ2n) is 7.17. The van der Waals surface area contributed by atoms with Crippen molar-refractivity contribution < 1.29 is 17.6 Å². The van der Waals surface area contributed by atoms with E-state index in [9.17, 15) is 22.8 Å². The van der Waals surface area contributed by atoms with Crippen LogP contribution in [-0.4, -0.2) is 27.9 Å². The van der Waals surface area contributed by atoms with Crippen molar-refractivity contribution in [2.24, 2.45) is 4.99 Å². The van der Waals surface area contributed by atoms with Crippen LogP contribution in [0.25, 0.3) is 10.9 Å². The molecule has 2 heterocycles. The summed E-state index contributed by atoms with van der Waals surface area (Å²) in [7, 11) is 0. The molecule has 1 fully saturated rings. The molecule has 1 unspecified atom stereocenters. The molecule has 0 amide bonds. The van der Waals surface area contributed by atoms with Gasteiger partial charge in [-0.3, -0.25) is 4.99 Å². The number of hydrogen-bond donors (Lipinski definition) is 0. The predicted molar refractivity (Wildman–Crippen MR) is 97.2 cm³/mol. The second kappa shape index (κ2) is 6.66. The third-order valence-corrected chi connectivity index (χ3v) is 5.57. The van der Waals surface area contributed by atoms with E-state index in [-0.39, 0.29) is 11.6 Å². The lowest BCUT2D eigenvalue weighted by atomic mass is 9.92. The van der Waals surface area contributed by atoms with Gasteiger partial charge in [-0.15, -0.1) is 0 Å². The maximum atomic E-state index is 13.9. The van der Waals surface area contributed by atoms with Crippen LogP contribution in [0, 0.1) is 17.1 Å². The highest BCUT2D eigenvalue weighted by atomic mass is 19.4. The number of aromatic nitrogens is 1. The maximum Gasteiger partial charge on any atom is 0.408 e. The fraction of sp³-hybridized carbons (Fsp3) is 0.400. The normalized spacial score (nSPS) is 21.0. The first kappa shape index (κ1) is 18.5. The van der Waals surface area contributed by atoms with E-state index in [4.69, 9.17) is 0 Å². The van der Waals surface area contributed by atoms with Crippen molar-refractivity contribution >= 4 is 17.1 Å². The summed E-state index contributed by atoms with van der Waals surface area (Å²) < 4.78 is 56.1. The van der Waals surface area contributed by atoms with Crippen LogP contribution in [0.1, 0.15) is 49.7 Å². The summed E-state index contributed by atoms with van der Waals surface area (Å²) in [6, 6.07) is 4.53. The Morgan fingerprint density at radius 3 is 2.64 bits per heavy atom. The molecule has 146 valence electrons. The molecule has 4 nitrogen and oxygen atoms in total. The molecule has 1 saturated carbocycles. The van der Waals surface area contributed by atoms with E-state index in [1.807, 2.05) is 4.57 Å². The van der Waals surface area contributed by atoms with Crippen molar-refractivity contribution in [2.75, 3.05) is 0 Å². The van der Waals surface area contributed by atoms with Gasteiger partial charge in [0.25, 0.3) is 0 Å². The van der Waals surface area contributed by atoms with E-state index < -0.39 is 24.2 Å². The van der Waals surface area contributed by atoms with Gasteiger partial charge in [0.2, 0.25) is 0 Å². The molecule has 28 heavy (non-hydrogen) atoms. The molecule has 1 aromatic carbocycles. The van der Waals surface area contributed by atoms with Crippen molar-refractivity contribution in [1.29, 1.82) is 5.26 Å². The van der Waals surface area contributed by atoms with Crippen LogP contribution in [0.3, 0.4) is 0 Å². The lowest BCUT2D eigenvalue weighted by Crippen LogP contribution is -2.43. The summed E-state index contributed by atoms with van der Waals surface area (Å²) in [6.07, 6.45) is 1.49. The van der Waals surface area contributed by atoms with Crippen LogP contribution >= 0.6 is 0 Å². The highest BCUT2D eigenvalue weighted by molar-refractivity contribution is 5.89. The molecule has 2 aliphatic rings. The lowest BCUT2D eigenvalue weighted by Gasteiger charge is -2.38. The van der Waals surface area contributed by atoms with Gasteiger partial charge in [-0.1, -0.05) is 0 Å². The van der Waals surface area contributed by atoms with E-state index in [0.717, 1.165) is 31.1 Å². The zero-order chi connectivity index (χ0) is 20.1. The van der Waals surface area contributed by atoms with E-state index in [1.165, 1.54) is 30.6 Å². The zero-order valence-corrected chi connectivity index (χ0v) is 15.1. The molecule has 2 atom stereocenters. The van der Waals surface area contributed by atoms with Gasteiger partial charge in [-0.05, 0) is 50.5 Å². The Balaban J connectivity index is 1.95. The molecule has 0 spiro atoms. The number of aliphatic imine (C=N–C) groups is 1. The van der Waals surface area contributed by atoms with Crippen molar-refractivity contribution in [3.05, 3.63) is 47.5 Å². The molecular formula is C20H18F4N4. The zero-order valence-electron chi connectivity index (χ0n) is 15.1. The summed E-state index contributed by atoms with van der Waals surface area (Å²) in [5, 5.41) is 10.2. The molecule has 0 bridgehead atoms. The first-order valence-electron chi connectivity index (χ1n) is 9.10. The maximum absolute atomic E-state index is 13.9. The Labute approximate surface area is 159 Å². The van der Waals surface area contributed by atoms with E-state index >= 15 is 0 Å². The van der Waals surface area contributed by atoms with Gasteiger partial charge < -0.3 is 9.47 Å². The van der Waals surface area contributed by atoms with Gasteiger partial charge in [-0.2, -0.15) is 18.4 Å². The number of nitrogens with zero attached hydrogens (tertiary/aromatic N) is 4. The SMILES string of the molecule is C[C@H](N1C=CC=NC1c1c(C#N)c2cc(F)ccc2n1C1CCC1)C(F)(F)F. The fourth-order valence-electron chi connectivity index (χ4n) is 3.87. The topological polar surface area (TPSA) is 44.3 Å². The van der Waals surface area contributed by atoms with Crippen molar-refractivity contribution in [3.8, 4) is 6.07 Å². The molecule has 0 saturated heterocycles. The predicted octanol–water partition coefficient (Wildman–Crippen LogP) is 5.23. The average molecular weight is 390 g/mol. The van der Waals surface area contributed by atoms with Crippen LogP contribution < -0.4 is 0 Å². The van der Waals surface area contributed by atoms with Crippen LogP contribution in [-0.2, 0) is 0 Å². The van der Waals surface area contributed by atoms with Crippen LogP contribution in [0.5, 0.6) is 0 Å². The summed E-state index contributed by atoms with van der Waals surface area (Å²) in [5.41, 5.74) is 1.23. The van der Waals surface area contributed by atoms with Crippen LogP contribution in [0.2, 0.25) is 0 Å². The Kier molecular flexibility index (Phi) is 4.41. The first-order chi connectivity index (χ1) is 13.3. The quantitative estimate of drug-likeness (QED) is 0.674. The monoisotopic (exact) mass is 390 g/mol. The van der Waals surface area contributed by atoms with Crippen LogP contribution in [0.15, 0.2) is 35.5 Å². The lowest BCUT2D eigenvalue weighted by molar-refractivity contribution is -0.177. The van der Waals surface area contributed by atoms with Gasteiger partial charge in [0.05, 0.1) is 16.8 Å². The standard InChI is InChI=1S/C20H18F4N4/c1-12(20(22,23)24)27-9-3-8-26-19(27)18-16(11-25)15-10-13(21)6-7-17(15)28(18)14-4-2-5-14/h3,6-10,12,14,19H,2,4-5H2,1H3/t12-,19?/m0/s1. The highest BCUT2D eigenvalue weighted by Crippen LogP contribution is 2.44. The van der Waals surface area contributed by atoms with Crippen LogP contribution in [0.4, 0.5) is 17.6 Å². The van der Waals surface area contributed by atoms with Gasteiger partial charge in [0.15, 0.2) is 6.17 Å². The number of fused-ring (bicyclic) bond motifs is 1. The largest absolute Gasteiger partial charge is 0.408 e. The van der Waals surface area contributed by atoms with Gasteiger partial charge in [0, 0.05) is 23.8 Å². The second-order valence-corrected chi connectivity index (χ2v) is 7.17. The number of nitriles is 1. The number of halogens is 4. The average Bonchev–Trinajstić information content (AvgIpc) is 2.92. The number of allylic oxidation sites excluding steroid dienone is 1. The first-order valence-corrected chi connectivity index (χ1v) is 9.10. The van der Waals surface area contributed by atoms with E-state index in [0.29, 0.717) is 16.6 Å². The molecule has 1 aromatic heterocycles.